The third kappa shape index (κ3) is 4.69. The summed E-state index contributed by atoms with van der Waals surface area (Å²) in [5.74, 6) is 0. The number of thiazole rings is 1. The van der Waals surface area contributed by atoms with Crippen LogP contribution in [-0.4, -0.2) is 17.3 Å². The Kier molecular flexibility index (Phi) is 5.25. The van der Waals surface area contributed by atoms with E-state index in [1.54, 1.807) is 44.2 Å². The predicted molar refractivity (Wildman–Crippen MR) is 80.1 cm³/mol. The number of rotatable bonds is 4. The predicted octanol–water partition coefficient (Wildman–Crippen LogP) is 4.54. The van der Waals surface area contributed by atoms with Crippen molar-refractivity contribution in [1.82, 2.24) is 10.3 Å². The Morgan fingerprint density at radius 1 is 1.30 bits per heavy atom. The van der Waals surface area contributed by atoms with Crippen molar-refractivity contribution in [1.29, 1.82) is 0 Å². The quantitative estimate of drug-likeness (QED) is 0.886. The first-order valence-electron chi connectivity index (χ1n) is 6.78. The van der Waals surface area contributed by atoms with E-state index in [0.29, 0.717) is 5.01 Å². The lowest BCUT2D eigenvalue weighted by Crippen LogP contribution is -2.33. The van der Waals surface area contributed by atoms with Crippen LogP contribution in [0.3, 0.4) is 0 Å². The van der Waals surface area contributed by atoms with E-state index in [1.165, 1.54) is 0 Å². The number of hydrogen-bond acceptors (Lipinski definition) is 4. The Hall–Kier alpha value is -2.09. The summed E-state index contributed by atoms with van der Waals surface area (Å²) < 4.78 is 43.9. The number of halogens is 3. The molecule has 0 aliphatic carbocycles. The molecule has 1 heterocycles. The van der Waals surface area contributed by atoms with Crippen molar-refractivity contribution in [2.45, 2.75) is 32.2 Å². The SMILES string of the molecule is Cc1ncc([C@@H](OC(=O)N[C@H](C)c2ccccc2)C(F)(F)F)s1. The fraction of sp³-hybridized carbons (Fsp3) is 0.333. The van der Waals surface area contributed by atoms with Gasteiger partial charge in [0.15, 0.2) is 0 Å². The number of carbonyl (C=O) groups excluding carboxylic acids is 1. The largest absolute Gasteiger partial charge is 0.431 e. The molecule has 124 valence electrons. The molecule has 1 N–H and O–H groups in total. The maximum atomic E-state index is 13.1. The zero-order valence-electron chi connectivity index (χ0n) is 12.4. The second-order valence-electron chi connectivity index (χ2n) is 4.89. The fourth-order valence-electron chi connectivity index (χ4n) is 1.93. The van der Waals surface area contributed by atoms with Crippen LogP contribution in [0.5, 0.6) is 0 Å². The van der Waals surface area contributed by atoms with Gasteiger partial charge >= 0.3 is 12.3 Å². The lowest BCUT2D eigenvalue weighted by Gasteiger charge is -2.21. The van der Waals surface area contributed by atoms with E-state index in [0.717, 1.165) is 23.1 Å². The van der Waals surface area contributed by atoms with E-state index in [4.69, 9.17) is 0 Å². The molecule has 0 unspecified atom stereocenters. The Bertz CT molecular complexity index is 658. The van der Waals surface area contributed by atoms with Gasteiger partial charge in [-0.05, 0) is 19.4 Å². The molecule has 0 bridgehead atoms. The molecule has 1 amide bonds. The molecule has 0 saturated heterocycles. The van der Waals surface area contributed by atoms with Crippen molar-refractivity contribution in [3.8, 4) is 0 Å². The van der Waals surface area contributed by atoms with Gasteiger partial charge in [-0.2, -0.15) is 13.2 Å². The minimum absolute atomic E-state index is 0.155. The van der Waals surface area contributed by atoms with Crippen LogP contribution in [0, 0.1) is 6.92 Å². The monoisotopic (exact) mass is 344 g/mol. The molecule has 2 atom stereocenters. The molecule has 1 aromatic heterocycles. The zero-order valence-corrected chi connectivity index (χ0v) is 13.2. The van der Waals surface area contributed by atoms with Gasteiger partial charge in [-0.25, -0.2) is 9.78 Å². The molecule has 8 heteroatoms. The summed E-state index contributed by atoms with van der Waals surface area (Å²) in [4.78, 5) is 15.4. The number of aryl methyl sites for hydroxylation is 1. The van der Waals surface area contributed by atoms with E-state index in [9.17, 15) is 18.0 Å². The Morgan fingerprint density at radius 2 is 1.96 bits per heavy atom. The Morgan fingerprint density at radius 3 is 2.48 bits per heavy atom. The van der Waals surface area contributed by atoms with Crippen molar-refractivity contribution >= 4 is 17.4 Å². The van der Waals surface area contributed by atoms with E-state index in [1.807, 2.05) is 0 Å². The Labute approximate surface area is 135 Å². The number of carbonyl (C=O) groups is 1. The molecule has 0 aliphatic heterocycles. The van der Waals surface area contributed by atoms with E-state index in [2.05, 4.69) is 15.0 Å². The van der Waals surface area contributed by atoms with Gasteiger partial charge in [-0.3, -0.25) is 0 Å². The first kappa shape index (κ1) is 17.3. The van der Waals surface area contributed by atoms with Crippen molar-refractivity contribution in [3.63, 3.8) is 0 Å². The zero-order chi connectivity index (χ0) is 17.0. The molecule has 0 spiro atoms. The van der Waals surface area contributed by atoms with Gasteiger partial charge in [-0.1, -0.05) is 30.3 Å². The van der Waals surface area contributed by atoms with Crippen LogP contribution in [-0.2, 0) is 4.74 Å². The number of alkyl halides is 3. The molecule has 0 aliphatic rings. The molecule has 4 nitrogen and oxygen atoms in total. The normalized spacial score (nSPS) is 14.1. The molecule has 0 saturated carbocycles. The van der Waals surface area contributed by atoms with E-state index in [-0.39, 0.29) is 4.88 Å². The van der Waals surface area contributed by atoms with Crippen LogP contribution in [0.15, 0.2) is 36.5 Å². The number of amides is 1. The summed E-state index contributed by atoms with van der Waals surface area (Å²) in [5.41, 5.74) is 0.765. The first-order valence-corrected chi connectivity index (χ1v) is 7.60. The average Bonchev–Trinajstić information content (AvgIpc) is 2.90. The van der Waals surface area contributed by atoms with Crippen LogP contribution in [0.1, 0.15) is 34.5 Å². The van der Waals surface area contributed by atoms with Crippen molar-refractivity contribution in [2.24, 2.45) is 0 Å². The lowest BCUT2D eigenvalue weighted by atomic mass is 10.1. The molecule has 0 radical (unpaired) electrons. The van der Waals surface area contributed by atoms with Gasteiger partial charge in [0.25, 0.3) is 0 Å². The third-order valence-electron chi connectivity index (χ3n) is 3.05. The minimum atomic E-state index is -4.70. The summed E-state index contributed by atoms with van der Waals surface area (Å²) in [6, 6.07) is 8.41. The number of nitrogens with zero attached hydrogens (tertiary/aromatic N) is 1. The van der Waals surface area contributed by atoms with Crippen LogP contribution >= 0.6 is 11.3 Å². The molecule has 2 rings (SSSR count). The van der Waals surface area contributed by atoms with E-state index >= 15 is 0 Å². The first-order chi connectivity index (χ1) is 10.8. The van der Waals surface area contributed by atoms with Crippen LogP contribution in [0.2, 0.25) is 0 Å². The number of aromatic nitrogens is 1. The van der Waals surface area contributed by atoms with Crippen molar-refractivity contribution < 1.29 is 22.7 Å². The summed E-state index contributed by atoms with van der Waals surface area (Å²) in [6.07, 6.45) is -7.08. The van der Waals surface area contributed by atoms with Crippen LogP contribution in [0.25, 0.3) is 0 Å². The van der Waals surface area contributed by atoms with Gasteiger partial charge in [-0.15, -0.1) is 11.3 Å². The Balaban J connectivity index is 2.06. The highest BCUT2D eigenvalue weighted by Gasteiger charge is 2.45. The number of nitrogens with one attached hydrogen (secondary N) is 1. The smallest absolute Gasteiger partial charge is 0.430 e. The molecule has 1 aromatic carbocycles. The summed E-state index contributed by atoms with van der Waals surface area (Å²) in [7, 11) is 0. The van der Waals surface area contributed by atoms with Gasteiger partial charge < -0.3 is 10.1 Å². The van der Waals surface area contributed by atoms with E-state index < -0.39 is 24.4 Å². The highest BCUT2D eigenvalue weighted by Crippen LogP contribution is 2.38. The van der Waals surface area contributed by atoms with Gasteiger partial charge in [0, 0.05) is 6.20 Å². The average molecular weight is 344 g/mol. The molecular weight excluding hydrogens is 329 g/mol. The second-order valence-corrected chi connectivity index (χ2v) is 6.15. The molecule has 0 fully saturated rings. The van der Waals surface area contributed by atoms with Gasteiger partial charge in [0.1, 0.15) is 0 Å². The second kappa shape index (κ2) is 6.99. The minimum Gasteiger partial charge on any atom is -0.431 e. The van der Waals surface area contributed by atoms with Gasteiger partial charge in [0.2, 0.25) is 6.10 Å². The third-order valence-corrected chi connectivity index (χ3v) is 4.01. The fourth-order valence-corrected chi connectivity index (χ4v) is 2.77. The number of benzene rings is 1. The standard InChI is InChI=1S/C15H15F3N2O2S/c1-9(11-6-4-3-5-7-11)20-14(21)22-13(15(16,17)18)12-8-19-10(2)23-12/h3-9,13H,1-2H3,(H,20,21)/t9-,13-/m1/s1. The maximum Gasteiger partial charge on any atom is 0.430 e. The lowest BCUT2D eigenvalue weighted by molar-refractivity contribution is -0.205. The maximum absolute atomic E-state index is 13.1. The van der Waals surface area contributed by atoms with Crippen LogP contribution < -0.4 is 5.32 Å². The summed E-state index contributed by atoms with van der Waals surface area (Å²) >= 11 is 0.844. The van der Waals surface area contributed by atoms with Crippen LogP contribution in [0.4, 0.5) is 18.0 Å². The molecule has 2 aromatic rings. The summed E-state index contributed by atoms with van der Waals surface area (Å²) in [6.45, 7) is 3.25. The van der Waals surface area contributed by atoms with Crippen molar-refractivity contribution in [2.75, 3.05) is 0 Å². The van der Waals surface area contributed by atoms with Gasteiger partial charge in [0.05, 0.1) is 15.9 Å². The highest BCUT2D eigenvalue weighted by molar-refractivity contribution is 7.11. The highest BCUT2D eigenvalue weighted by atomic mass is 32.1. The summed E-state index contributed by atoms with van der Waals surface area (Å²) in [5, 5.41) is 2.87. The number of alkyl carbamates (subject to hydrolysis) is 1. The topological polar surface area (TPSA) is 51.2 Å². The number of hydrogen-bond donors (Lipinski definition) is 1. The van der Waals surface area contributed by atoms with Crippen molar-refractivity contribution in [3.05, 3.63) is 52.0 Å². The molecular formula is C15H15F3N2O2S. The number of ether oxygens (including phenoxy) is 1. The molecule has 23 heavy (non-hydrogen) atoms.